The molecular formula is C44H46FN11O8. The van der Waals surface area contributed by atoms with Crippen molar-refractivity contribution in [2.24, 2.45) is 0 Å². The molecule has 9 N–H and O–H groups in total. The summed E-state index contributed by atoms with van der Waals surface area (Å²) in [7, 11) is 0. The molecule has 0 fully saturated rings. The topological polar surface area (TPSA) is 281 Å². The molecule has 0 saturated heterocycles. The van der Waals surface area contributed by atoms with Crippen molar-refractivity contribution in [1.82, 2.24) is 41.2 Å². The van der Waals surface area contributed by atoms with Gasteiger partial charge in [0.1, 0.15) is 24.0 Å². The number of carbonyl (C=O) groups is 6. The lowest BCUT2D eigenvalue weighted by Crippen LogP contribution is -2.52. The van der Waals surface area contributed by atoms with Crippen LogP contribution in [0.25, 0.3) is 33.4 Å². The minimum Gasteiger partial charge on any atom is -0.444 e. The number of anilines is 3. The van der Waals surface area contributed by atoms with E-state index in [1.807, 2.05) is 0 Å². The molecule has 0 radical (unpaired) electrons. The van der Waals surface area contributed by atoms with E-state index in [2.05, 4.69) is 41.8 Å². The number of hydrogen-bond acceptors (Lipinski definition) is 13. The highest BCUT2D eigenvalue weighted by Gasteiger charge is 2.25. The van der Waals surface area contributed by atoms with Crippen molar-refractivity contribution in [3.63, 3.8) is 0 Å². The van der Waals surface area contributed by atoms with Crippen molar-refractivity contribution < 1.29 is 42.4 Å². The molecule has 20 heteroatoms. The molecule has 0 aliphatic heterocycles. The highest BCUT2D eigenvalue weighted by atomic mass is 19.1. The Balaban J connectivity index is 1.03. The van der Waals surface area contributed by atoms with E-state index >= 15 is 4.39 Å². The van der Waals surface area contributed by atoms with Gasteiger partial charge >= 0.3 is 6.09 Å². The Hall–Kier alpha value is -8.16. The predicted molar refractivity (Wildman–Crippen MR) is 234 cm³/mol. The van der Waals surface area contributed by atoms with E-state index < -0.39 is 66.8 Å². The molecule has 3 aromatic heterocycles. The van der Waals surface area contributed by atoms with Crippen LogP contribution >= 0.6 is 0 Å². The highest BCUT2D eigenvalue weighted by Crippen LogP contribution is 2.38. The van der Waals surface area contributed by atoms with Gasteiger partial charge in [0.05, 0.1) is 36.9 Å². The van der Waals surface area contributed by atoms with Crippen molar-refractivity contribution in [2.75, 3.05) is 36.4 Å². The summed E-state index contributed by atoms with van der Waals surface area (Å²) in [6.07, 6.45) is 4.13. The number of nitrogens with one attached hydrogen (secondary N) is 5. The van der Waals surface area contributed by atoms with E-state index in [0.717, 1.165) is 17.2 Å². The van der Waals surface area contributed by atoms with Gasteiger partial charge in [0.15, 0.2) is 17.2 Å². The van der Waals surface area contributed by atoms with Crippen molar-refractivity contribution in [3.8, 4) is 22.4 Å². The summed E-state index contributed by atoms with van der Waals surface area (Å²) in [4.78, 5) is 79.6. The molecular weight excluding hydrogens is 830 g/mol. The summed E-state index contributed by atoms with van der Waals surface area (Å²) in [5, 5.41) is 21.2. The Labute approximate surface area is 365 Å². The summed E-state index contributed by atoms with van der Waals surface area (Å²) >= 11 is 0. The first-order valence-electron chi connectivity index (χ1n) is 19.8. The average molecular weight is 876 g/mol. The molecule has 3 aromatic carbocycles. The molecule has 1 atom stereocenters. The molecule has 332 valence electrons. The Morgan fingerprint density at radius 3 is 2.25 bits per heavy atom. The number of nitrogens with zero attached hydrogens (tertiary/aromatic N) is 4. The summed E-state index contributed by atoms with van der Waals surface area (Å²) in [6, 6.07) is 17.2. The minimum atomic E-state index is -1.08. The first-order chi connectivity index (χ1) is 30.4. The molecule has 0 spiro atoms. The number of hydrogen-bond donors (Lipinski definition) is 7. The van der Waals surface area contributed by atoms with Gasteiger partial charge in [0.25, 0.3) is 0 Å². The van der Waals surface area contributed by atoms with Crippen LogP contribution in [0.5, 0.6) is 0 Å². The summed E-state index contributed by atoms with van der Waals surface area (Å²) < 4.78 is 27.5. The normalized spacial score (nSPS) is 11.6. The smallest absolute Gasteiger partial charge is 0.408 e. The maximum Gasteiger partial charge on any atom is 0.408 e. The zero-order chi connectivity index (χ0) is 46.1. The SMILES string of the molecule is CC(=O)c1cc(-c2ncc(-c3cnn(Cc4ccc(NC(=O)CNC(=O)[C@H](Cc5ccccc5)NC(=O)CNC(=O)CNC(=O)OC(C)(C)C)cc4)c3)c3onc(N)c23)c(F)cc1N. The van der Waals surface area contributed by atoms with E-state index in [4.69, 9.17) is 20.7 Å². The van der Waals surface area contributed by atoms with Crippen LogP contribution in [0.1, 0.15) is 49.2 Å². The number of fused-ring (bicyclic) bond motifs is 1. The lowest BCUT2D eigenvalue weighted by molar-refractivity contribution is -0.130. The molecule has 0 aliphatic rings. The van der Waals surface area contributed by atoms with E-state index in [1.54, 1.807) is 92.4 Å². The molecule has 6 rings (SSSR count). The van der Waals surface area contributed by atoms with Gasteiger partial charge in [-0.25, -0.2) is 9.18 Å². The second-order valence-corrected chi connectivity index (χ2v) is 15.6. The number of benzene rings is 3. The Kier molecular flexibility index (Phi) is 14.0. The van der Waals surface area contributed by atoms with Crippen LogP contribution in [0.15, 0.2) is 89.8 Å². The predicted octanol–water partition coefficient (Wildman–Crippen LogP) is 3.73. The number of nitrogen functional groups attached to an aromatic ring is 2. The van der Waals surface area contributed by atoms with Gasteiger partial charge < -0.3 is 47.3 Å². The van der Waals surface area contributed by atoms with E-state index in [1.165, 1.54) is 19.2 Å². The number of aromatic nitrogens is 4. The summed E-state index contributed by atoms with van der Waals surface area (Å²) in [5.74, 6) is -3.53. The molecule has 5 amide bonds. The number of nitrogens with two attached hydrogens (primary N) is 2. The van der Waals surface area contributed by atoms with E-state index in [0.29, 0.717) is 23.4 Å². The fraction of sp³-hybridized carbons (Fsp3) is 0.250. The number of carbonyl (C=O) groups excluding carboxylic acids is 6. The zero-order valence-corrected chi connectivity index (χ0v) is 35.3. The molecule has 0 unspecified atom stereocenters. The quantitative estimate of drug-likeness (QED) is 0.0540. The van der Waals surface area contributed by atoms with Gasteiger partial charge in [0, 0.05) is 52.4 Å². The summed E-state index contributed by atoms with van der Waals surface area (Å²) in [5.41, 5.74) is 14.9. The van der Waals surface area contributed by atoms with Crippen LogP contribution in [-0.2, 0) is 36.9 Å². The maximum atomic E-state index is 15.1. The van der Waals surface area contributed by atoms with Crippen molar-refractivity contribution in [3.05, 3.63) is 108 Å². The van der Waals surface area contributed by atoms with Crippen LogP contribution in [0.4, 0.5) is 26.4 Å². The number of ketones is 1. The van der Waals surface area contributed by atoms with Crippen molar-refractivity contribution in [2.45, 2.75) is 52.3 Å². The lowest BCUT2D eigenvalue weighted by Gasteiger charge is -2.20. The molecule has 0 aliphatic carbocycles. The van der Waals surface area contributed by atoms with Gasteiger partial charge in [-0.05, 0) is 63.1 Å². The molecule has 3 heterocycles. The first kappa shape index (κ1) is 45.4. The monoisotopic (exact) mass is 875 g/mol. The summed E-state index contributed by atoms with van der Waals surface area (Å²) in [6.45, 7) is 5.38. The average Bonchev–Trinajstić information content (AvgIpc) is 3.88. The van der Waals surface area contributed by atoms with Crippen LogP contribution in [-0.4, -0.2) is 86.7 Å². The zero-order valence-electron chi connectivity index (χ0n) is 35.3. The van der Waals surface area contributed by atoms with Gasteiger partial charge in [-0.1, -0.05) is 47.6 Å². The molecule has 6 aromatic rings. The van der Waals surface area contributed by atoms with E-state index in [9.17, 15) is 28.8 Å². The maximum absolute atomic E-state index is 15.1. The van der Waals surface area contributed by atoms with Crippen molar-refractivity contribution >= 4 is 63.7 Å². The Bertz CT molecular complexity index is 2710. The minimum absolute atomic E-state index is 0.000891. The standard InChI is InChI=1S/C44H46FN11O8/c1-24(57)29-15-30(32(45)16-33(29)46)39-38-40(64-55-41(38)47)31(18-49-39)27-17-52-56(23-27)22-26-10-12-28(13-11-26)53-36(59)21-50-42(61)34(14-25-8-6-5-7-9-25)54-37(60)20-48-35(58)19-51-43(62)63-44(2,3)4/h5-13,15-18,23,34H,14,19-22,46H2,1-4H3,(H2,47,55)(H,48,58)(H,50,61)(H,51,62)(H,53,59)(H,54,60)/t34-/m0/s1. The van der Waals surface area contributed by atoms with Crippen LogP contribution in [0.3, 0.4) is 0 Å². The third-order valence-electron chi connectivity index (χ3n) is 9.42. The third-order valence-corrected chi connectivity index (χ3v) is 9.42. The van der Waals surface area contributed by atoms with Gasteiger partial charge in [-0.15, -0.1) is 0 Å². The number of Topliss-reactive ketones (excluding diaryl/α,β-unsaturated/α-hetero) is 1. The largest absolute Gasteiger partial charge is 0.444 e. The first-order valence-corrected chi connectivity index (χ1v) is 19.8. The van der Waals surface area contributed by atoms with Crippen molar-refractivity contribution in [1.29, 1.82) is 0 Å². The number of rotatable bonds is 16. The van der Waals surface area contributed by atoms with Gasteiger partial charge in [-0.3, -0.25) is 33.6 Å². The Morgan fingerprint density at radius 2 is 1.55 bits per heavy atom. The number of pyridine rings is 1. The molecule has 0 bridgehead atoms. The Morgan fingerprint density at radius 1 is 0.844 bits per heavy atom. The van der Waals surface area contributed by atoms with Crippen LogP contribution in [0, 0.1) is 5.82 Å². The fourth-order valence-corrected chi connectivity index (χ4v) is 6.43. The van der Waals surface area contributed by atoms with Crippen LogP contribution < -0.4 is 38.1 Å². The van der Waals surface area contributed by atoms with Gasteiger partial charge in [0.2, 0.25) is 23.6 Å². The molecule has 64 heavy (non-hydrogen) atoms. The van der Waals surface area contributed by atoms with E-state index in [-0.39, 0.29) is 51.5 Å². The number of ether oxygens (including phenoxy) is 1. The van der Waals surface area contributed by atoms with Crippen LogP contribution in [0.2, 0.25) is 0 Å². The number of amides is 5. The number of alkyl carbamates (subject to hydrolysis) is 1. The second kappa shape index (κ2) is 19.7. The lowest BCUT2D eigenvalue weighted by atomic mass is 9.99. The molecule has 19 nitrogen and oxygen atoms in total. The fourth-order valence-electron chi connectivity index (χ4n) is 6.43. The second-order valence-electron chi connectivity index (χ2n) is 15.6. The number of halogens is 1. The molecule has 0 saturated carbocycles. The van der Waals surface area contributed by atoms with Gasteiger partial charge in [-0.2, -0.15) is 5.10 Å². The highest BCUT2D eigenvalue weighted by molar-refractivity contribution is 6.07. The third kappa shape index (κ3) is 11.8.